The van der Waals surface area contributed by atoms with Crippen LogP contribution in [0.15, 0.2) is 23.3 Å². The second kappa shape index (κ2) is 6.48. The van der Waals surface area contributed by atoms with Gasteiger partial charge in [-0.05, 0) is 63.5 Å². The van der Waals surface area contributed by atoms with E-state index in [1.54, 1.807) is 11.0 Å². The Bertz CT molecular complexity index is 1040. The van der Waals surface area contributed by atoms with Crippen molar-refractivity contribution in [1.29, 1.82) is 0 Å². The molecule has 27 heavy (non-hydrogen) atoms. The van der Waals surface area contributed by atoms with E-state index in [0.717, 1.165) is 78.7 Å². The number of nitrogens with zero attached hydrogens (tertiary/aromatic N) is 4. The SMILES string of the molecule is Cc1cc2ncnc(NC3CCC(n4nc5c(cc4=O)CCC5)CC3)c2[nH]1. The maximum atomic E-state index is 12.5. The maximum Gasteiger partial charge on any atom is 0.267 e. The zero-order valence-electron chi connectivity index (χ0n) is 15.5. The highest BCUT2D eigenvalue weighted by atomic mass is 16.1. The van der Waals surface area contributed by atoms with Gasteiger partial charge < -0.3 is 10.3 Å². The van der Waals surface area contributed by atoms with Crippen LogP contribution in [-0.4, -0.2) is 30.8 Å². The monoisotopic (exact) mass is 364 g/mol. The Morgan fingerprint density at radius 3 is 2.85 bits per heavy atom. The largest absolute Gasteiger partial charge is 0.365 e. The molecule has 0 spiro atoms. The molecule has 0 radical (unpaired) electrons. The van der Waals surface area contributed by atoms with Crippen LogP contribution in [0.5, 0.6) is 0 Å². The minimum Gasteiger partial charge on any atom is -0.365 e. The van der Waals surface area contributed by atoms with Crippen LogP contribution in [0.4, 0.5) is 5.82 Å². The summed E-state index contributed by atoms with van der Waals surface area (Å²) in [6.07, 6.45) is 8.66. The molecule has 3 aromatic rings. The Morgan fingerprint density at radius 2 is 2.00 bits per heavy atom. The number of aryl methyl sites for hydroxylation is 3. The molecule has 5 rings (SSSR count). The highest BCUT2D eigenvalue weighted by molar-refractivity contribution is 5.86. The molecule has 2 aliphatic rings. The number of nitrogens with one attached hydrogen (secondary N) is 2. The predicted octanol–water partition coefficient (Wildman–Crippen LogP) is 2.91. The van der Waals surface area contributed by atoms with Crippen molar-refractivity contribution in [2.24, 2.45) is 0 Å². The van der Waals surface area contributed by atoms with Crippen LogP contribution in [-0.2, 0) is 12.8 Å². The summed E-state index contributed by atoms with van der Waals surface area (Å²) in [7, 11) is 0. The van der Waals surface area contributed by atoms with Crippen molar-refractivity contribution >= 4 is 16.9 Å². The Hall–Kier alpha value is -2.70. The number of aromatic amines is 1. The predicted molar refractivity (Wildman–Crippen MR) is 104 cm³/mol. The van der Waals surface area contributed by atoms with E-state index in [4.69, 9.17) is 0 Å². The van der Waals surface area contributed by atoms with E-state index in [1.165, 1.54) is 0 Å². The first-order valence-electron chi connectivity index (χ1n) is 9.86. The van der Waals surface area contributed by atoms with E-state index in [9.17, 15) is 4.79 Å². The van der Waals surface area contributed by atoms with Gasteiger partial charge in [0.1, 0.15) is 11.8 Å². The summed E-state index contributed by atoms with van der Waals surface area (Å²) in [6.45, 7) is 2.03. The average Bonchev–Trinajstić information content (AvgIpc) is 3.27. The fourth-order valence-corrected chi connectivity index (χ4v) is 4.51. The van der Waals surface area contributed by atoms with Crippen LogP contribution in [0.3, 0.4) is 0 Å². The van der Waals surface area contributed by atoms with Crippen molar-refractivity contribution in [3.8, 4) is 0 Å². The molecule has 0 atom stereocenters. The molecule has 7 nitrogen and oxygen atoms in total. The number of hydrogen-bond donors (Lipinski definition) is 2. The van der Waals surface area contributed by atoms with Gasteiger partial charge in [-0.1, -0.05) is 0 Å². The first kappa shape index (κ1) is 16.5. The lowest BCUT2D eigenvalue weighted by atomic mass is 9.91. The van der Waals surface area contributed by atoms with Crippen LogP contribution in [0.1, 0.15) is 55.1 Å². The number of fused-ring (bicyclic) bond motifs is 2. The normalized spacial score (nSPS) is 22.1. The van der Waals surface area contributed by atoms with E-state index in [0.29, 0.717) is 6.04 Å². The Labute approximate surface area is 157 Å². The molecule has 1 fully saturated rings. The molecule has 0 saturated heterocycles. The fourth-order valence-electron chi connectivity index (χ4n) is 4.51. The lowest BCUT2D eigenvalue weighted by molar-refractivity contribution is 0.302. The minimum absolute atomic E-state index is 0.0615. The Kier molecular flexibility index (Phi) is 3.95. The third-order valence-corrected chi connectivity index (χ3v) is 5.92. The molecule has 3 aromatic heterocycles. The number of H-pyrrole nitrogens is 1. The molecule has 0 aliphatic heterocycles. The molecule has 0 aromatic carbocycles. The number of hydrogen-bond acceptors (Lipinski definition) is 5. The molecule has 140 valence electrons. The van der Waals surface area contributed by atoms with Gasteiger partial charge in [-0.25, -0.2) is 14.6 Å². The quantitative estimate of drug-likeness (QED) is 0.746. The molecule has 7 heteroatoms. The van der Waals surface area contributed by atoms with E-state index in [1.807, 2.05) is 19.1 Å². The molecule has 0 unspecified atom stereocenters. The molecule has 1 saturated carbocycles. The van der Waals surface area contributed by atoms with Gasteiger partial charge in [0.2, 0.25) is 0 Å². The number of aromatic nitrogens is 5. The summed E-state index contributed by atoms with van der Waals surface area (Å²) in [5.74, 6) is 0.865. The van der Waals surface area contributed by atoms with Gasteiger partial charge in [0, 0.05) is 17.8 Å². The Balaban J connectivity index is 1.30. The molecule has 0 amide bonds. The van der Waals surface area contributed by atoms with Crippen LogP contribution < -0.4 is 10.9 Å². The Morgan fingerprint density at radius 1 is 1.15 bits per heavy atom. The molecule has 2 N–H and O–H groups in total. The minimum atomic E-state index is 0.0615. The number of anilines is 1. The fraction of sp³-hybridized carbons (Fsp3) is 0.500. The second-order valence-electron chi connectivity index (χ2n) is 7.84. The lowest BCUT2D eigenvalue weighted by Gasteiger charge is -2.30. The summed E-state index contributed by atoms with van der Waals surface area (Å²) in [5, 5.41) is 8.26. The van der Waals surface area contributed by atoms with Gasteiger partial charge in [0.05, 0.1) is 17.3 Å². The van der Waals surface area contributed by atoms with Crippen molar-refractivity contribution in [2.75, 3.05) is 5.32 Å². The average molecular weight is 364 g/mol. The van der Waals surface area contributed by atoms with Gasteiger partial charge in [-0.15, -0.1) is 0 Å². The summed E-state index contributed by atoms with van der Waals surface area (Å²) in [5.41, 5.74) is 5.33. The van der Waals surface area contributed by atoms with Gasteiger partial charge in [0.15, 0.2) is 5.82 Å². The van der Waals surface area contributed by atoms with Crippen LogP contribution >= 0.6 is 0 Å². The summed E-state index contributed by atoms with van der Waals surface area (Å²) < 4.78 is 1.75. The maximum absolute atomic E-state index is 12.5. The molecule has 2 aliphatic carbocycles. The first-order chi connectivity index (χ1) is 13.2. The third-order valence-electron chi connectivity index (χ3n) is 5.92. The molecular weight excluding hydrogens is 340 g/mol. The third kappa shape index (κ3) is 3.01. The standard InChI is InChI=1S/C20H24N6O/c1-12-9-17-19(23-12)20(22-11-21-17)24-14-5-7-15(8-6-14)26-18(27)10-13-3-2-4-16(13)25-26/h9-11,14-15,23H,2-8H2,1H3,(H,21,22,24). The summed E-state index contributed by atoms with van der Waals surface area (Å²) in [6, 6.07) is 4.41. The van der Waals surface area contributed by atoms with E-state index in [2.05, 4.69) is 25.4 Å². The summed E-state index contributed by atoms with van der Waals surface area (Å²) in [4.78, 5) is 24.5. The topological polar surface area (TPSA) is 88.5 Å². The van der Waals surface area contributed by atoms with E-state index < -0.39 is 0 Å². The van der Waals surface area contributed by atoms with Crippen LogP contribution in [0.2, 0.25) is 0 Å². The van der Waals surface area contributed by atoms with Crippen LogP contribution in [0, 0.1) is 6.92 Å². The molecule has 3 heterocycles. The van der Waals surface area contributed by atoms with Crippen molar-refractivity contribution < 1.29 is 0 Å². The van der Waals surface area contributed by atoms with Gasteiger partial charge >= 0.3 is 0 Å². The van der Waals surface area contributed by atoms with Gasteiger partial charge in [-0.2, -0.15) is 5.10 Å². The van der Waals surface area contributed by atoms with Crippen molar-refractivity contribution in [3.63, 3.8) is 0 Å². The van der Waals surface area contributed by atoms with Crippen molar-refractivity contribution in [2.45, 2.75) is 64.0 Å². The second-order valence-corrected chi connectivity index (χ2v) is 7.84. The first-order valence-corrected chi connectivity index (χ1v) is 9.86. The molecule has 0 bridgehead atoms. The van der Waals surface area contributed by atoms with Crippen LogP contribution in [0.25, 0.3) is 11.0 Å². The summed E-state index contributed by atoms with van der Waals surface area (Å²) >= 11 is 0. The lowest BCUT2D eigenvalue weighted by Crippen LogP contribution is -2.34. The van der Waals surface area contributed by atoms with Crippen molar-refractivity contribution in [3.05, 3.63) is 45.8 Å². The van der Waals surface area contributed by atoms with Gasteiger partial charge in [0.25, 0.3) is 5.56 Å². The zero-order valence-corrected chi connectivity index (χ0v) is 15.5. The van der Waals surface area contributed by atoms with E-state index >= 15 is 0 Å². The smallest absolute Gasteiger partial charge is 0.267 e. The zero-order chi connectivity index (χ0) is 18.4. The van der Waals surface area contributed by atoms with Gasteiger partial charge in [-0.3, -0.25) is 4.79 Å². The molecular formula is C20H24N6O. The highest BCUT2D eigenvalue weighted by Crippen LogP contribution is 2.30. The van der Waals surface area contributed by atoms with E-state index in [-0.39, 0.29) is 11.6 Å². The highest BCUT2D eigenvalue weighted by Gasteiger charge is 2.26. The van der Waals surface area contributed by atoms with Crippen molar-refractivity contribution in [1.82, 2.24) is 24.7 Å². The number of rotatable bonds is 3.